The lowest BCUT2D eigenvalue weighted by Gasteiger charge is -2.32. The molecule has 0 atom stereocenters. The molecule has 30 heavy (non-hydrogen) atoms. The molecule has 2 saturated heterocycles. The molecule has 0 bridgehead atoms. The first-order chi connectivity index (χ1) is 14.7. The Balaban J connectivity index is 1.33. The van der Waals surface area contributed by atoms with Gasteiger partial charge in [-0.2, -0.15) is 0 Å². The second-order valence-electron chi connectivity index (χ2n) is 7.49. The number of piperidine rings is 1. The number of hydrogen-bond acceptors (Lipinski definition) is 7. The molecule has 0 aromatic carbocycles. The zero-order chi connectivity index (χ0) is 20.9. The van der Waals surface area contributed by atoms with Crippen molar-refractivity contribution in [2.75, 3.05) is 51.8 Å². The van der Waals surface area contributed by atoms with Gasteiger partial charge in [0.25, 0.3) is 11.8 Å². The number of nitrogens with one attached hydrogen (secondary N) is 1. The molecule has 0 unspecified atom stereocenters. The first kappa shape index (κ1) is 20.2. The molecule has 158 valence electrons. The summed E-state index contributed by atoms with van der Waals surface area (Å²) in [6.07, 6.45) is 6.46. The molecule has 0 aliphatic carbocycles. The van der Waals surface area contributed by atoms with Crippen LogP contribution in [0.2, 0.25) is 0 Å². The molecule has 0 saturated carbocycles. The normalized spacial score (nSPS) is 17.6. The van der Waals surface area contributed by atoms with Gasteiger partial charge in [-0.1, -0.05) is 0 Å². The highest BCUT2D eigenvalue weighted by molar-refractivity contribution is 5.94. The van der Waals surface area contributed by atoms with E-state index in [0.717, 1.165) is 18.5 Å². The average molecular weight is 410 g/mol. The molecular formula is C21H26N6O3. The van der Waals surface area contributed by atoms with Crippen LogP contribution in [0.1, 0.15) is 45.2 Å². The summed E-state index contributed by atoms with van der Waals surface area (Å²) < 4.78 is 5.30. The van der Waals surface area contributed by atoms with Gasteiger partial charge in [0.1, 0.15) is 0 Å². The maximum Gasteiger partial charge on any atom is 0.256 e. The third kappa shape index (κ3) is 4.40. The van der Waals surface area contributed by atoms with E-state index < -0.39 is 0 Å². The minimum Gasteiger partial charge on any atom is -0.378 e. The number of pyridine rings is 1. The van der Waals surface area contributed by atoms with E-state index in [1.807, 2.05) is 17.0 Å². The first-order valence-corrected chi connectivity index (χ1v) is 10.3. The Morgan fingerprint density at radius 3 is 2.10 bits per heavy atom. The highest BCUT2D eigenvalue weighted by atomic mass is 16.5. The van der Waals surface area contributed by atoms with Crippen molar-refractivity contribution >= 4 is 17.8 Å². The van der Waals surface area contributed by atoms with E-state index in [1.54, 1.807) is 30.5 Å². The van der Waals surface area contributed by atoms with Crippen molar-refractivity contribution in [2.24, 2.45) is 0 Å². The third-order valence-electron chi connectivity index (χ3n) is 5.65. The number of nitrogens with zero attached hydrogens (tertiary/aromatic N) is 5. The molecule has 2 aliphatic heterocycles. The van der Waals surface area contributed by atoms with E-state index in [2.05, 4.69) is 20.3 Å². The van der Waals surface area contributed by atoms with Gasteiger partial charge in [0.15, 0.2) is 0 Å². The van der Waals surface area contributed by atoms with Crippen molar-refractivity contribution in [1.29, 1.82) is 0 Å². The first-order valence-electron chi connectivity index (χ1n) is 10.3. The molecule has 4 rings (SSSR count). The standard InChI is InChI=1S/C21H26N6O3/c1-22-21-24-13-17(14-25-21)20(29)26-6-4-15(5-7-26)18-3-2-16(12-23-18)19(28)27-8-10-30-11-9-27/h2-3,12-15H,4-11H2,1H3,(H,22,24,25). The van der Waals surface area contributed by atoms with E-state index in [9.17, 15) is 9.59 Å². The maximum atomic E-state index is 12.7. The van der Waals surface area contributed by atoms with Crippen LogP contribution in [0, 0.1) is 0 Å². The molecular weight excluding hydrogens is 384 g/mol. The zero-order valence-electron chi connectivity index (χ0n) is 17.1. The van der Waals surface area contributed by atoms with Crippen molar-refractivity contribution in [1.82, 2.24) is 24.8 Å². The minimum absolute atomic E-state index is 0.00396. The molecule has 2 aromatic rings. The number of rotatable bonds is 4. The Hall–Kier alpha value is -3.07. The molecule has 0 radical (unpaired) electrons. The van der Waals surface area contributed by atoms with Gasteiger partial charge in [0.2, 0.25) is 5.95 Å². The van der Waals surface area contributed by atoms with Crippen LogP contribution in [0.15, 0.2) is 30.7 Å². The van der Waals surface area contributed by atoms with Crippen molar-refractivity contribution in [3.05, 3.63) is 47.5 Å². The van der Waals surface area contributed by atoms with Gasteiger partial charge in [-0.15, -0.1) is 0 Å². The molecule has 2 aromatic heterocycles. The molecule has 1 N–H and O–H groups in total. The summed E-state index contributed by atoms with van der Waals surface area (Å²) >= 11 is 0. The van der Waals surface area contributed by atoms with Crippen LogP contribution in [0.25, 0.3) is 0 Å². The fraction of sp³-hybridized carbons (Fsp3) is 0.476. The molecule has 4 heterocycles. The topological polar surface area (TPSA) is 101 Å². The van der Waals surface area contributed by atoms with Crippen molar-refractivity contribution in [2.45, 2.75) is 18.8 Å². The predicted molar refractivity (Wildman–Crippen MR) is 110 cm³/mol. The zero-order valence-corrected chi connectivity index (χ0v) is 17.1. The molecule has 9 heteroatoms. The van der Waals surface area contributed by atoms with Crippen LogP contribution in [-0.2, 0) is 4.74 Å². The maximum absolute atomic E-state index is 12.7. The molecule has 2 amide bonds. The van der Waals surface area contributed by atoms with Gasteiger partial charge in [-0.05, 0) is 25.0 Å². The molecule has 9 nitrogen and oxygen atoms in total. The van der Waals surface area contributed by atoms with Gasteiger partial charge >= 0.3 is 0 Å². The summed E-state index contributed by atoms with van der Waals surface area (Å²) in [6.45, 7) is 3.73. The van der Waals surface area contributed by atoms with E-state index in [-0.39, 0.29) is 17.7 Å². The van der Waals surface area contributed by atoms with Crippen LogP contribution < -0.4 is 5.32 Å². The van der Waals surface area contributed by atoms with Crippen LogP contribution in [0.3, 0.4) is 0 Å². The number of carbonyl (C=O) groups is 2. The summed E-state index contributed by atoms with van der Waals surface area (Å²) in [5.74, 6) is 0.733. The Morgan fingerprint density at radius 2 is 1.50 bits per heavy atom. The second-order valence-corrected chi connectivity index (χ2v) is 7.49. The smallest absolute Gasteiger partial charge is 0.256 e. The summed E-state index contributed by atoms with van der Waals surface area (Å²) in [5.41, 5.74) is 2.08. The summed E-state index contributed by atoms with van der Waals surface area (Å²) in [7, 11) is 1.74. The minimum atomic E-state index is -0.0458. The lowest BCUT2D eigenvalue weighted by atomic mass is 9.92. The lowest BCUT2D eigenvalue weighted by molar-refractivity contribution is 0.0302. The van der Waals surface area contributed by atoms with Crippen LogP contribution in [0.5, 0.6) is 0 Å². The van der Waals surface area contributed by atoms with Gasteiger partial charge < -0.3 is 19.9 Å². The average Bonchev–Trinajstić information content (AvgIpc) is 2.84. The van der Waals surface area contributed by atoms with Gasteiger partial charge in [0.05, 0.1) is 24.3 Å². The highest BCUT2D eigenvalue weighted by Gasteiger charge is 2.26. The van der Waals surface area contributed by atoms with Crippen molar-refractivity contribution in [3.63, 3.8) is 0 Å². The monoisotopic (exact) mass is 410 g/mol. The molecule has 2 fully saturated rings. The Kier molecular flexibility index (Phi) is 6.18. The number of ether oxygens (including phenoxy) is 1. The second kappa shape index (κ2) is 9.17. The molecule has 0 spiro atoms. The van der Waals surface area contributed by atoms with Crippen LogP contribution in [-0.4, -0.2) is 83.0 Å². The Bertz CT molecular complexity index is 873. The number of aromatic nitrogens is 3. The summed E-state index contributed by atoms with van der Waals surface area (Å²) in [6, 6.07) is 3.80. The van der Waals surface area contributed by atoms with Gasteiger partial charge in [-0.25, -0.2) is 9.97 Å². The number of amides is 2. The third-order valence-corrected chi connectivity index (χ3v) is 5.65. The van der Waals surface area contributed by atoms with Crippen molar-refractivity contribution < 1.29 is 14.3 Å². The van der Waals surface area contributed by atoms with E-state index in [1.165, 1.54) is 0 Å². The van der Waals surface area contributed by atoms with E-state index in [4.69, 9.17) is 4.74 Å². The van der Waals surface area contributed by atoms with Crippen molar-refractivity contribution in [3.8, 4) is 0 Å². The summed E-state index contributed by atoms with van der Waals surface area (Å²) in [5, 5.41) is 2.84. The SMILES string of the molecule is CNc1ncc(C(=O)N2CCC(c3ccc(C(=O)N4CCOCC4)cn3)CC2)cn1. The number of morpholine rings is 1. The fourth-order valence-electron chi connectivity index (χ4n) is 3.85. The van der Waals surface area contributed by atoms with Crippen LogP contribution >= 0.6 is 0 Å². The summed E-state index contributed by atoms with van der Waals surface area (Å²) in [4.78, 5) is 41.6. The van der Waals surface area contributed by atoms with Gasteiger partial charge in [0, 0.05) is 63.4 Å². The number of carbonyl (C=O) groups excluding carboxylic acids is 2. The van der Waals surface area contributed by atoms with Gasteiger partial charge in [-0.3, -0.25) is 14.6 Å². The highest BCUT2D eigenvalue weighted by Crippen LogP contribution is 2.27. The number of likely N-dealkylation sites (tertiary alicyclic amines) is 1. The van der Waals surface area contributed by atoms with Crippen LogP contribution in [0.4, 0.5) is 5.95 Å². The quantitative estimate of drug-likeness (QED) is 0.813. The van der Waals surface area contributed by atoms with E-state index >= 15 is 0 Å². The lowest BCUT2D eigenvalue weighted by Crippen LogP contribution is -2.40. The Labute approximate surface area is 175 Å². The predicted octanol–water partition coefficient (Wildman–Crippen LogP) is 1.41. The fourth-order valence-corrected chi connectivity index (χ4v) is 3.85. The molecule has 2 aliphatic rings. The number of hydrogen-bond donors (Lipinski definition) is 1. The largest absolute Gasteiger partial charge is 0.378 e. The van der Waals surface area contributed by atoms with E-state index in [0.29, 0.717) is 56.5 Å². The number of anilines is 1. The Morgan fingerprint density at radius 1 is 0.900 bits per heavy atom.